The standard InChI is InChI=1S/C22H25N3O2S/c1-13-7-3-4-8-15(13)14(2)23-19(26)12-11-18-24-21(27)20-16-9-5-6-10-17(16)28-22(20)25-18/h3-4,7-8,14H,5-6,9-12H2,1-2H3,(H,23,26)(H,24,25,27)/t14-/m1/s1. The zero-order valence-electron chi connectivity index (χ0n) is 16.3. The lowest BCUT2D eigenvalue weighted by atomic mass is 9.97. The summed E-state index contributed by atoms with van der Waals surface area (Å²) in [5, 5.41) is 3.81. The summed E-state index contributed by atoms with van der Waals surface area (Å²) < 4.78 is 0. The number of carbonyl (C=O) groups is 1. The lowest BCUT2D eigenvalue weighted by Gasteiger charge is -2.16. The van der Waals surface area contributed by atoms with Gasteiger partial charge in [0.2, 0.25) is 5.91 Å². The third-order valence-corrected chi connectivity index (χ3v) is 6.68. The van der Waals surface area contributed by atoms with Gasteiger partial charge in [0.15, 0.2) is 0 Å². The van der Waals surface area contributed by atoms with Gasteiger partial charge in [-0.25, -0.2) is 4.98 Å². The first-order chi connectivity index (χ1) is 13.5. The molecular weight excluding hydrogens is 370 g/mol. The number of thiophene rings is 1. The van der Waals surface area contributed by atoms with Crippen molar-refractivity contribution < 1.29 is 4.79 Å². The van der Waals surface area contributed by atoms with E-state index in [1.165, 1.54) is 16.9 Å². The molecule has 1 amide bonds. The van der Waals surface area contributed by atoms with Gasteiger partial charge in [0.25, 0.3) is 5.56 Å². The highest BCUT2D eigenvalue weighted by atomic mass is 32.1. The van der Waals surface area contributed by atoms with E-state index in [1.807, 2.05) is 38.1 Å². The molecule has 0 radical (unpaired) electrons. The minimum Gasteiger partial charge on any atom is -0.350 e. The van der Waals surface area contributed by atoms with E-state index in [1.54, 1.807) is 11.3 Å². The van der Waals surface area contributed by atoms with E-state index >= 15 is 0 Å². The lowest BCUT2D eigenvalue weighted by molar-refractivity contribution is -0.121. The van der Waals surface area contributed by atoms with Crippen LogP contribution in [0.5, 0.6) is 0 Å². The number of hydrogen-bond acceptors (Lipinski definition) is 4. The molecule has 3 aromatic rings. The normalized spacial score (nSPS) is 14.6. The summed E-state index contributed by atoms with van der Waals surface area (Å²) in [7, 11) is 0. The van der Waals surface area contributed by atoms with Crippen molar-refractivity contribution in [2.45, 2.75) is 58.4 Å². The molecule has 4 rings (SSSR count). The van der Waals surface area contributed by atoms with E-state index in [9.17, 15) is 9.59 Å². The molecule has 0 unspecified atom stereocenters. The van der Waals surface area contributed by atoms with E-state index in [-0.39, 0.29) is 17.5 Å². The predicted octanol–water partition coefficient (Wildman–Crippen LogP) is 3.98. The van der Waals surface area contributed by atoms with Crippen LogP contribution in [0.25, 0.3) is 10.2 Å². The number of hydrogen-bond donors (Lipinski definition) is 2. The molecule has 0 fully saturated rings. The molecular formula is C22H25N3O2S. The average molecular weight is 396 g/mol. The van der Waals surface area contributed by atoms with Crippen molar-refractivity contribution in [1.29, 1.82) is 0 Å². The minimum absolute atomic E-state index is 0.0380. The van der Waals surface area contributed by atoms with Crippen molar-refractivity contribution in [2.24, 2.45) is 0 Å². The number of aryl methyl sites for hydroxylation is 4. The summed E-state index contributed by atoms with van der Waals surface area (Å²) >= 11 is 1.64. The van der Waals surface area contributed by atoms with Gasteiger partial charge in [-0.2, -0.15) is 0 Å². The summed E-state index contributed by atoms with van der Waals surface area (Å²) in [5.41, 5.74) is 3.41. The molecule has 6 heteroatoms. The largest absolute Gasteiger partial charge is 0.350 e. The molecule has 1 aliphatic rings. The molecule has 28 heavy (non-hydrogen) atoms. The van der Waals surface area contributed by atoms with Crippen LogP contribution in [-0.2, 0) is 24.1 Å². The molecule has 0 bridgehead atoms. The molecule has 0 saturated carbocycles. The summed E-state index contributed by atoms with van der Waals surface area (Å²) in [5.74, 6) is 0.554. The van der Waals surface area contributed by atoms with E-state index < -0.39 is 0 Å². The maximum absolute atomic E-state index is 12.6. The summed E-state index contributed by atoms with van der Waals surface area (Å²) in [4.78, 5) is 34.6. The van der Waals surface area contributed by atoms with Gasteiger partial charge in [0.1, 0.15) is 10.7 Å². The Hall–Kier alpha value is -2.47. The zero-order chi connectivity index (χ0) is 19.7. The van der Waals surface area contributed by atoms with Gasteiger partial charge in [0, 0.05) is 17.7 Å². The fourth-order valence-corrected chi connectivity index (χ4v) is 5.30. The molecule has 1 aromatic carbocycles. The van der Waals surface area contributed by atoms with Gasteiger partial charge in [-0.05, 0) is 56.2 Å². The van der Waals surface area contributed by atoms with Gasteiger partial charge in [0.05, 0.1) is 11.4 Å². The van der Waals surface area contributed by atoms with Crippen LogP contribution in [0.4, 0.5) is 0 Å². The highest BCUT2D eigenvalue weighted by Gasteiger charge is 2.20. The predicted molar refractivity (Wildman–Crippen MR) is 113 cm³/mol. The van der Waals surface area contributed by atoms with Gasteiger partial charge in [-0.1, -0.05) is 24.3 Å². The Balaban J connectivity index is 1.44. The number of carbonyl (C=O) groups excluding carboxylic acids is 1. The summed E-state index contributed by atoms with van der Waals surface area (Å²) in [6.07, 6.45) is 5.07. The zero-order valence-corrected chi connectivity index (χ0v) is 17.1. The Bertz CT molecular complexity index is 1080. The highest BCUT2D eigenvalue weighted by Crippen LogP contribution is 2.33. The van der Waals surface area contributed by atoms with E-state index in [2.05, 4.69) is 15.3 Å². The lowest BCUT2D eigenvalue weighted by Crippen LogP contribution is -2.27. The Labute approximate surface area is 168 Å². The highest BCUT2D eigenvalue weighted by molar-refractivity contribution is 7.18. The number of fused-ring (bicyclic) bond motifs is 3. The van der Waals surface area contributed by atoms with Crippen molar-refractivity contribution in [3.8, 4) is 0 Å². The molecule has 2 aromatic heterocycles. The number of benzene rings is 1. The number of aromatic nitrogens is 2. The Kier molecular flexibility index (Phi) is 5.31. The van der Waals surface area contributed by atoms with Crippen LogP contribution in [0.1, 0.15) is 59.6 Å². The number of aromatic amines is 1. The second-order valence-electron chi connectivity index (χ2n) is 7.55. The first-order valence-electron chi connectivity index (χ1n) is 9.91. The number of rotatable bonds is 5. The van der Waals surface area contributed by atoms with Gasteiger partial charge in [-0.15, -0.1) is 11.3 Å². The molecule has 2 N–H and O–H groups in total. The fourth-order valence-electron chi connectivity index (χ4n) is 4.02. The van der Waals surface area contributed by atoms with Crippen molar-refractivity contribution >= 4 is 27.5 Å². The molecule has 1 atom stereocenters. The maximum atomic E-state index is 12.6. The molecule has 5 nitrogen and oxygen atoms in total. The Morgan fingerprint density at radius 2 is 2.07 bits per heavy atom. The van der Waals surface area contributed by atoms with Crippen LogP contribution in [-0.4, -0.2) is 15.9 Å². The SMILES string of the molecule is Cc1ccccc1[C@@H](C)NC(=O)CCc1nc2sc3c(c2c(=O)[nH]1)CCCC3. The third kappa shape index (κ3) is 3.74. The molecule has 0 spiro atoms. The number of nitrogens with one attached hydrogen (secondary N) is 2. The third-order valence-electron chi connectivity index (χ3n) is 5.50. The van der Waals surface area contributed by atoms with Crippen molar-refractivity contribution in [3.63, 3.8) is 0 Å². The van der Waals surface area contributed by atoms with Crippen LogP contribution < -0.4 is 10.9 Å². The number of nitrogens with zero attached hydrogens (tertiary/aromatic N) is 1. The van der Waals surface area contributed by atoms with Gasteiger partial charge >= 0.3 is 0 Å². The Morgan fingerprint density at radius 1 is 1.29 bits per heavy atom. The topological polar surface area (TPSA) is 74.8 Å². The molecule has 1 aliphatic carbocycles. The summed E-state index contributed by atoms with van der Waals surface area (Å²) in [6.45, 7) is 4.03. The van der Waals surface area contributed by atoms with Crippen LogP contribution in [0.2, 0.25) is 0 Å². The van der Waals surface area contributed by atoms with Crippen molar-refractivity contribution in [3.05, 3.63) is 62.0 Å². The number of H-pyrrole nitrogens is 1. The second-order valence-corrected chi connectivity index (χ2v) is 8.63. The van der Waals surface area contributed by atoms with Gasteiger partial charge in [-0.3, -0.25) is 9.59 Å². The van der Waals surface area contributed by atoms with E-state index in [4.69, 9.17) is 0 Å². The fraction of sp³-hybridized carbons (Fsp3) is 0.409. The molecule has 146 valence electrons. The van der Waals surface area contributed by atoms with E-state index in [0.29, 0.717) is 18.7 Å². The summed E-state index contributed by atoms with van der Waals surface area (Å²) in [6, 6.07) is 8.00. The molecule has 2 heterocycles. The first kappa shape index (κ1) is 18.9. The molecule has 0 saturated heterocycles. The van der Waals surface area contributed by atoms with Crippen LogP contribution >= 0.6 is 11.3 Å². The van der Waals surface area contributed by atoms with Crippen molar-refractivity contribution in [1.82, 2.24) is 15.3 Å². The minimum atomic E-state index is -0.0620. The van der Waals surface area contributed by atoms with E-state index in [0.717, 1.165) is 40.6 Å². The van der Waals surface area contributed by atoms with Crippen LogP contribution in [0.15, 0.2) is 29.1 Å². The quantitative estimate of drug-likeness (QED) is 0.686. The average Bonchev–Trinajstić information content (AvgIpc) is 3.05. The Morgan fingerprint density at radius 3 is 2.89 bits per heavy atom. The second kappa shape index (κ2) is 7.87. The van der Waals surface area contributed by atoms with Crippen molar-refractivity contribution in [2.75, 3.05) is 0 Å². The van der Waals surface area contributed by atoms with Crippen LogP contribution in [0, 0.1) is 6.92 Å². The number of amides is 1. The maximum Gasteiger partial charge on any atom is 0.259 e. The van der Waals surface area contributed by atoms with Gasteiger partial charge < -0.3 is 10.3 Å². The molecule has 0 aliphatic heterocycles. The first-order valence-corrected chi connectivity index (χ1v) is 10.7. The smallest absolute Gasteiger partial charge is 0.259 e. The van der Waals surface area contributed by atoms with Crippen LogP contribution in [0.3, 0.4) is 0 Å². The monoisotopic (exact) mass is 395 g/mol.